The second-order valence-electron chi connectivity index (χ2n) is 2.94. The molecule has 0 fully saturated rings. The first-order valence-electron chi connectivity index (χ1n) is 4.28. The summed E-state index contributed by atoms with van der Waals surface area (Å²) >= 11 is 5.74. The summed E-state index contributed by atoms with van der Waals surface area (Å²) in [7, 11) is 0. The molecule has 0 aromatic heterocycles. The van der Waals surface area contributed by atoms with Crippen LogP contribution in [0.15, 0.2) is 12.1 Å². The van der Waals surface area contributed by atoms with Crippen LogP contribution in [0, 0.1) is 25.1 Å². The Morgan fingerprint density at radius 1 is 1.57 bits per heavy atom. The molecule has 0 aliphatic heterocycles. The molecule has 14 heavy (non-hydrogen) atoms. The largest absolute Gasteiger partial charge is 0.382 e. The predicted octanol–water partition coefficient (Wildman–Crippen LogP) is 3.22. The lowest BCUT2D eigenvalue weighted by Crippen LogP contribution is -2.03. The molecule has 0 bridgehead atoms. The van der Waals surface area contributed by atoms with Crippen LogP contribution in [0.5, 0.6) is 0 Å². The number of halogens is 2. The van der Waals surface area contributed by atoms with Gasteiger partial charge in [-0.1, -0.05) is 17.7 Å². The number of nitrogens with one attached hydrogen (secondary N) is 1. The van der Waals surface area contributed by atoms with Gasteiger partial charge in [-0.15, -0.1) is 12.3 Å². The summed E-state index contributed by atoms with van der Waals surface area (Å²) in [6, 6.07) is 3.43. The number of terminal acetylenes is 1. The maximum atomic E-state index is 13.4. The van der Waals surface area contributed by atoms with Gasteiger partial charge in [-0.2, -0.15) is 0 Å². The molecule has 0 amide bonds. The van der Waals surface area contributed by atoms with E-state index in [1.807, 2.05) is 0 Å². The van der Waals surface area contributed by atoms with Crippen molar-refractivity contribution in [2.45, 2.75) is 13.3 Å². The topological polar surface area (TPSA) is 12.0 Å². The zero-order valence-electron chi connectivity index (χ0n) is 7.90. The van der Waals surface area contributed by atoms with Crippen LogP contribution < -0.4 is 5.32 Å². The van der Waals surface area contributed by atoms with E-state index >= 15 is 0 Å². The number of hydrogen-bond donors (Lipinski definition) is 1. The van der Waals surface area contributed by atoms with Crippen molar-refractivity contribution in [1.82, 2.24) is 0 Å². The van der Waals surface area contributed by atoms with Gasteiger partial charge in [0.25, 0.3) is 0 Å². The van der Waals surface area contributed by atoms with E-state index in [1.165, 1.54) is 0 Å². The minimum Gasteiger partial charge on any atom is -0.382 e. The lowest BCUT2D eigenvalue weighted by atomic mass is 10.2. The van der Waals surface area contributed by atoms with E-state index in [4.69, 9.17) is 18.0 Å². The molecule has 1 N–H and O–H groups in total. The highest BCUT2D eigenvalue weighted by Crippen LogP contribution is 2.25. The Morgan fingerprint density at radius 2 is 2.29 bits per heavy atom. The van der Waals surface area contributed by atoms with Crippen molar-refractivity contribution in [2.24, 2.45) is 0 Å². The third-order valence-electron chi connectivity index (χ3n) is 1.86. The zero-order chi connectivity index (χ0) is 10.6. The zero-order valence-corrected chi connectivity index (χ0v) is 8.66. The molecular formula is C11H11ClFN. The molecule has 0 saturated carbocycles. The van der Waals surface area contributed by atoms with Crippen LogP contribution in [0.4, 0.5) is 10.1 Å². The van der Waals surface area contributed by atoms with E-state index in [0.29, 0.717) is 18.7 Å². The van der Waals surface area contributed by atoms with E-state index in [9.17, 15) is 4.39 Å². The number of anilines is 1. The summed E-state index contributed by atoms with van der Waals surface area (Å²) in [6.07, 6.45) is 5.64. The first-order chi connectivity index (χ1) is 6.66. The van der Waals surface area contributed by atoms with Gasteiger partial charge in [-0.25, -0.2) is 4.39 Å². The Bertz CT molecular complexity index is 368. The molecule has 0 heterocycles. The Kier molecular flexibility index (Phi) is 3.79. The van der Waals surface area contributed by atoms with Crippen LogP contribution in [-0.2, 0) is 0 Å². The average molecular weight is 212 g/mol. The first-order valence-corrected chi connectivity index (χ1v) is 4.66. The minimum atomic E-state index is -0.413. The van der Waals surface area contributed by atoms with Crippen molar-refractivity contribution < 1.29 is 4.39 Å². The molecule has 0 aliphatic rings. The SMILES string of the molecule is C#CCCNc1ccc(C)c(Cl)c1F. The standard InChI is InChI=1S/C11H11ClFN/c1-3-4-7-14-9-6-5-8(2)10(12)11(9)13/h1,5-6,14H,4,7H2,2H3. The Morgan fingerprint density at radius 3 is 2.93 bits per heavy atom. The summed E-state index contributed by atoms with van der Waals surface area (Å²) in [6.45, 7) is 2.31. The number of benzene rings is 1. The van der Waals surface area contributed by atoms with Crippen molar-refractivity contribution in [3.05, 3.63) is 28.5 Å². The number of rotatable bonds is 3. The third-order valence-corrected chi connectivity index (χ3v) is 2.32. The smallest absolute Gasteiger partial charge is 0.165 e. The summed E-state index contributed by atoms with van der Waals surface area (Å²) < 4.78 is 13.4. The van der Waals surface area contributed by atoms with Crippen molar-refractivity contribution in [3.8, 4) is 12.3 Å². The van der Waals surface area contributed by atoms with Crippen LogP contribution in [0.25, 0.3) is 0 Å². The summed E-state index contributed by atoms with van der Waals surface area (Å²) in [4.78, 5) is 0. The maximum Gasteiger partial charge on any atom is 0.165 e. The highest BCUT2D eigenvalue weighted by Gasteiger charge is 2.07. The monoisotopic (exact) mass is 211 g/mol. The number of hydrogen-bond acceptors (Lipinski definition) is 1. The minimum absolute atomic E-state index is 0.163. The van der Waals surface area contributed by atoms with E-state index in [1.54, 1.807) is 19.1 Å². The summed E-state index contributed by atoms with van der Waals surface area (Å²) in [5, 5.41) is 3.04. The van der Waals surface area contributed by atoms with Gasteiger partial charge in [0.2, 0.25) is 0 Å². The fourth-order valence-corrected chi connectivity index (χ4v) is 1.22. The van der Waals surface area contributed by atoms with E-state index in [-0.39, 0.29) is 5.02 Å². The van der Waals surface area contributed by atoms with Gasteiger partial charge in [0.05, 0.1) is 10.7 Å². The molecule has 0 radical (unpaired) electrons. The fourth-order valence-electron chi connectivity index (χ4n) is 1.05. The van der Waals surface area contributed by atoms with Crippen molar-refractivity contribution >= 4 is 17.3 Å². The van der Waals surface area contributed by atoms with Crippen molar-refractivity contribution in [2.75, 3.05) is 11.9 Å². The van der Waals surface area contributed by atoms with Gasteiger partial charge >= 0.3 is 0 Å². The Hall–Kier alpha value is -1.20. The molecule has 3 heteroatoms. The molecule has 1 aromatic carbocycles. The summed E-state index contributed by atoms with van der Waals surface area (Å²) in [5.41, 5.74) is 1.13. The molecular weight excluding hydrogens is 201 g/mol. The molecule has 0 atom stereocenters. The Labute approximate surface area is 88.3 Å². The van der Waals surface area contributed by atoms with Crippen LogP contribution >= 0.6 is 11.6 Å². The van der Waals surface area contributed by atoms with Crippen LogP contribution in [0.3, 0.4) is 0 Å². The Balaban J connectivity index is 2.79. The highest BCUT2D eigenvalue weighted by molar-refractivity contribution is 6.31. The quantitative estimate of drug-likeness (QED) is 0.598. The van der Waals surface area contributed by atoms with Crippen molar-refractivity contribution in [3.63, 3.8) is 0 Å². The molecule has 1 nitrogen and oxygen atoms in total. The lowest BCUT2D eigenvalue weighted by molar-refractivity contribution is 0.629. The fraction of sp³-hybridized carbons (Fsp3) is 0.273. The van der Waals surface area contributed by atoms with Crippen LogP contribution in [0.2, 0.25) is 5.02 Å². The first kappa shape index (κ1) is 10.9. The summed E-state index contributed by atoms with van der Waals surface area (Å²) in [5.74, 6) is 2.05. The van der Waals surface area contributed by atoms with Gasteiger partial charge in [-0.3, -0.25) is 0 Å². The second-order valence-corrected chi connectivity index (χ2v) is 3.32. The van der Waals surface area contributed by atoms with Crippen molar-refractivity contribution in [1.29, 1.82) is 0 Å². The molecule has 0 aliphatic carbocycles. The molecule has 1 aromatic rings. The van der Waals surface area contributed by atoms with Gasteiger partial charge < -0.3 is 5.32 Å². The van der Waals surface area contributed by atoms with Crippen LogP contribution in [-0.4, -0.2) is 6.54 Å². The average Bonchev–Trinajstić information content (AvgIpc) is 2.18. The third kappa shape index (κ3) is 2.40. The van der Waals surface area contributed by atoms with E-state index < -0.39 is 5.82 Å². The van der Waals surface area contributed by atoms with Gasteiger partial charge in [0.1, 0.15) is 0 Å². The highest BCUT2D eigenvalue weighted by atomic mass is 35.5. The number of aryl methyl sites for hydroxylation is 1. The molecule has 0 saturated heterocycles. The van der Waals surface area contributed by atoms with Gasteiger partial charge in [0, 0.05) is 13.0 Å². The molecule has 1 rings (SSSR count). The molecule has 0 spiro atoms. The molecule has 0 unspecified atom stereocenters. The van der Waals surface area contributed by atoms with E-state index in [2.05, 4.69) is 11.2 Å². The van der Waals surface area contributed by atoms with Crippen LogP contribution in [0.1, 0.15) is 12.0 Å². The molecule has 74 valence electrons. The van der Waals surface area contributed by atoms with E-state index in [0.717, 1.165) is 5.56 Å². The van der Waals surface area contributed by atoms with Gasteiger partial charge in [0.15, 0.2) is 5.82 Å². The lowest BCUT2D eigenvalue weighted by Gasteiger charge is -2.08. The second kappa shape index (κ2) is 4.88. The van der Waals surface area contributed by atoms with Gasteiger partial charge in [-0.05, 0) is 18.6 Å². The predicted molar refractivity (Wildman–Crippen MR) is 58.1 cm³/mol. The normalized spacial score (nSPS) is 9.57. The maximum absolute atomic E-state index is 13.4.